The number of benzene rings is 2. The molecule has 0 unspecified atom stereocenters. The van der Waals surface area contributed by atoms with Gasteiger partial charge in [-0.1, -0.05) is 18.2 Å². The van der Waals surface area contributed by atoms with Crippen LogP contribution in [0.15, 0.2) is 48.5 Å². The van der Waals surface area contributed by atoms with Crippen LogP contribution in [0.1, 0.15) is 10.4 Å². The Morgan fingerprint density at radius 3 is 2.47 bits per heavy atom. The van der Waals surface area contributed by atoms with Crippen LogP contribution in [-0.4, -0.2) is 13.1 Å². The number of ether oxygens (including phenoxy) is 2. The van der Waals surface area contributed by atoms with Gasteiger partial charge in [-0.05, 0) is 30.3 Å². The lowest BCUT2D eigenvalue weighted by atomic mass is 10.1. The lowest BCUT2D eigenvalue weighted by Gasteiger charge is -2.10. The first-order valence-electron chi connectivity index (χ1n) is 5.56. The highest BCUT2D eigenvalue weighted by Gasteiger charge is 2.13. The van der Waals surface area contributed by atoms with Gasteiger partial charge < -0.3 is 9.47 Å². The number of nitrogens with one attached hydrogen (secondary N) is 1. The van der Waals surface area contributed by atoms with E-state index in [0.717, 1.165) is 0 Å². The van der Waals surface area contributed by atoms with E-state index in [4.69, 9.17) is 21.3 Å². The van der Waals surface area contributed by atoms with Crippen LogP contribution < -0.4 is 9.57 Å². The summed E-state index contributed by atoms with van der Waals surface area (Å²) in [6.07, 6.45) is 0. The first-order valence-corrected chi connectivity index (χ1v) is 5.94. The SMILES string of the molecule is COC(=O)c1cc(Oc2ccccc2)ccc1NCl. The zero-order valence-electron chi connectivity index (χ0n) is 10.2. The number of esters is 1. The summed E-state index contributed by atoms with van der Waals surface area (Å²) in [4.78, 5) is 14.0. The number of hydrogen-bond acceptors (Lipinski definition) is 4. The van der Waals surface area contributed by atoms with Gasteiger partial charge in [-0.3, -0.25) is 4.84 Å². The Hall–Kier alpha value is -2.20. The average molecular weight is 278 g/mol. The summed E-state index contributed by atoms with van der Waals surface area (Å²) < 4.78 is 10.3. The number of hydrogen-bond donors (Lipinski definition) is 1. The number of carbonyl (C=O) groups is 1. The van der Waals surface area contributed by atoms with Crippen LogP contribution in [0.4, 0.5) is 5.69 Å². The van der Waals surface area contributed by atoms with Crippen molar-refractivity contribution in [3.8, 4) is 11.5 Å². The minimum atomic E-state index is -0.485. The van der Waals surface area contributed by atoms with Crippen LogP contribution in [0.3, 0.4) is 0 Å². The van der Waals surface area contributed by atoms with Crippen LogP contribution in [0.5, 0.6) is 11.5 Å². The number of carbonyl (C=O) groups excluding carboxylic acids is 1. The second kappa shape index (κ2) is 6.11. The first kappa shape index (κ1) is 13.2. The third kappa shape index (κ3) is 3.17. The zero-order valence-corrected chi connectivity index (χ0v) is 11.0. The van der Waals surface area contributed by atoms with E-state index in [1.807, 2.05) is 30.3 Å². The Morgan fingerprint density at radius 2 is 1.84 bits per heavy atom. The summed E-state index contributed by atoms with van der Waals surface area (Å²) in [6.45, 7) is 0. The molecule has 2 rings (SSSR count). The molecule has 0 aromatic heterocycles. The zero-order chi connectivity index (χ0) is 13.7. The van der Waals surface area contributed by atoms with Gasteiger partial charge in [0.1, 0.15) is 11.5 Å². The third-order valence-corrected chi connectivity index (χ3v) is 2.68. The largest absolute Gasteiger partial charge is 0.465 e. The minimum absolute atomic E-state index is 0.311. The minimum Gasteiger partial charge on any atom is -0.465 e. The summed E-state index contributed by atoms with van der Waals surface area (Å²) in [5.41, 5.74) is 0.778. The van der Waals surface area contributed by atoms with Crippen LogP contribution in [0.25, 0.3) is 0 Å². The Bertz CT molecular complexity index is 572. The van der Waals surface area contributed by atoms with Gasteiger partial charge in [0, 0.05) is 11.8 Å². The maximum Gasteiger partial charge on any atom is 0.340 e. The maximum atomic E-state index is 11.6. The Balaban J connectivity index is 2.30. The van der Waals surface area contributed by atoms with E-state index in [1.165, 1.54) is 7.11 Å². The van der Waals surface area contributed by atoms with Crippen LogP contribution in [0, 0.1) is 0 Å². The highest BCUT2D eigenvalue weighted by molar-refractivity contribution is 6.25. The predicted octanol–water partition coefficient (Wildman–Crippen LogP) is 3.83. The Labute approximate surface area is 116 Å². The van der Waals surface area contributed by atoms with Gasteiger partial charge in [0.2, 0.25) is 0 Å². The van der Waals surface area contributed by atoms with Gasteiger partial charge in [-0.2, -0.15) is 0 Å². The molecule has 19 heavy (non-hydrogen) atoms. The summed E-state index contributed by atoms with van der Waals surface area (Å²) in [7, 11) is 1.31. The van der Waals surface area contributed by atoms with Crippen molar-refractivity contribution in [1.82, 2.24) is 0 Å². The Morgan fingerprint density at radius 1 is 1.11 bits per heavy atom. The van der Waals surface area contributed by atoms with Crippen LogP contribution in [0.2, 0.25) is 0 Å². The van der Waals surface area contributed by atoms with E-state index < -0.39 is 5.97 Å². The molecule has 2 aromatic carbocycles. The first-order chi connectivity index (χ1) is 9.24. The van der Waals surface area contributed by atoms with Gasteiger partial charge in [0.15, 0.2) is 0 Å². The molecule has 98 valence electrons. The summed E-state index contributed by atoms with van der Waals surface area (Å²) >= 11 is 5.55. The van der Waals surface area contributed by atoms with Gasteiger partial charge in [-0.25, -0.2) is 4.79 Å². The molecular formula is C14H12ClNO3. The molecule has 0 atom stereocenters. The average Bonchev–Trinajstić information content (AvgIpc) is 2.47. The fourth-order valence-corrected chi connectivity index (χ4v) is 1.74. The number of rotatable bonds is 4. The van der Waals surface area contributed by atoms with E-state index in [0.29, 0.717) is 22.7 Å². The number of methoxy groups -OCH3 is 1. The van der Waals surface area contributed by atoms with E-state index >= 15 is 0 Å². The van der Waals surface area contributed by atoms with Crippen molar-refractivity contribution < 1.29 is 14.3 Å². The molecular weight excluding hydrogens is 266 g/mol. The standard InChI is InChI=1S/C14H12ClNO3/c1-18-14(17)12-9-11(7-8-13(12)16-15)19-10-5-3-2-4-6-10/h2-9,16H,1H3. The highest BCUT2D eigenvalue weighted by Crippen LogP contribution is 2.27. The van der Waals surface area contributed by atoms with Crippen molar-refractivity contribution in [3.05, 3.63) is 54.1 Å². The third-order valence-electron chi connectivity index (χ3n) is 2.48. The summed E-state index contributed by atoms with van der Waals surface area (Å²) in [6, 6.07) is 14.2. The maximum absolute atomic E-state index is 11.6. The fourth-order valence-electron chi connectivity index (χ4n) is 1.57. The molecule has 0 aliphatic rings. The quantitative estimate of drug-likeness (QED) is 0.681. The van der Waals surface area contributed by atoms with Gasteiger partial charge in [-0.15, -0.1) is 0 Å². The molecule has 0 saturated heterocycles. The Kier molecular flexibility index (Phi) is 4.26. The molecule has 0 amide bonds. The smallest absolute Gasteiger partial charge is 0.340 e. The van der Waals surface area contributed by atoms with E-state index in [1.54, 1.807) is 18.2 Å². The van der Waals surface area contributed by atoms with E-state index in [-0.39, 0.29) is 0 Å². The summed E-state index contributed by atoms with van der Waals surface area (Å²) in [5.74, 6) is 0.730. The lowest BCUT2D eigenvalue weighted by Crippen LogP contribution is -2.04. The van der Waals surface area contributed by atoms with Gasteiger partial charge in [0.25, 0.3) is 0 Å². The van der Waals surface area contributed by atoms with Crippen molar-refractivity contribution in [2.24, 2.45) is 0 Å². The molecule has 0 radical (unpaired) electrons. The fraction of sp³-hybridized carbons (Fsp3) is 0.0714. The predicted molar refractivity (Wildman–Crippen MR) is 73.8 cm³/mol. The monoisotopic (exact) mass is 277 g/mol. The molecule has 0 saturated carbocycles. The topological polar surface area (TPSA) is 47.6 Å². The van der Waals surface area contributed by atoms with Crippen molar-refractivity contribution in [2.45, 2.75) is 0 Å². The number of para-hydroxylation sites is 1. The lowest BCUT2D eigenvalue weighted by molar-refractivity contribution is 0.0601. The summed E-state index contributed by atoms with van der Waals surface area (Å²) in [5, 5.41) is 0. The van der Waals surface area contributed by atoms with Crippen LogP contribution in [-0.2, 0) is 4.74 Å². The molecule has 0 heterocycles. The molecule has 5 heteroatoms. The molecule has 1 N–H and O–H groups in total. The highest BCUT2D eigenvalue weighted by atomic mass is 35.5. The molecule has 0 aliphatic heterocycles. The van der Waals surface area contributed by atoms with Crippen molar-refractivity contribution in [2.75, 3.05) is 11.9 Å². The molecule has 0 bridgehead atoms. The van der Waals surface area contributed by atoms with E-state index in [2.05, 4.69) is 4.84 Å². The normalized spacial score (nSPS) is 9.79. The molecule has 4 nitrogen and oxygen atoms in total. The van der Waals surface area contributed by atoms with Crippen molar-refractivity contribution in [1.29, 1.82) is 0 Å². The second-order valence-electron chi connectivity index (χ2n) is 3.71. The number of halogens is 1. The number of anilines is 1. The molecule has 0 aliphatic carbocycles. The van der Waals surface area contributed by atoms with Gasteiger partial charge >= 0.3 is 5.97 Å². The van der Waals surface area contributed by atoms with Crippen molar-refractivity contribution >= 4 is 23.4 Å². The molecule has 2 aromatic rings. The molecule has 0 fully saturated rings. The van der Waals surface area contributed by atoms with E-state index in [9.17, 15) is 4.79 Å². The van der Waals surface area contributed by atoms with Gasteiger partial charge in [0.05, 0.1) is 18.4 Å². The van der Waals surface area contributed by atoms with Crippen LogP contribution >= 0.6 is 11.8 Å². The van der Waals surface area contributed by atoms with Crippen molar-refractivity contribution in [3.63, 3.8) is 0 Å². The second-order valence-corrected chi connectivity index (χ2v) is 3.90. The molecule has 0 spiro atoms.